The maximum absolute atomic E-state index is 11.9. The summed E-state index contributed by atoms with van der Waals surface area (Å²) in [7, 11) is 0. The summed E-state index contributed by atoms with van der Waals surface area (Å²) in [5.74, 6) is -2.87. The molecule has 0 bridgehead atoms. The smallest absolute Gasteiger partial charge is 0.390 e. The molecule has 0 aromatic heterocycles. The van der Waals surface area contributed by atoms with Crippen LogP contribution in [0.25, 0.3) is 0 Å². The fraction of sp³-hybridized carbons (Fsp3) is 0.235. The topological polar surface area (TPSA) is 55.8 Å². The van der Waals surface area contributed by atoms with E-state index in [9.17, 15) is 9.90 Å². The third-order valence-electron chi connectivity index (χ3n) is 3.22. The molecule has 1 N–H and O–H groups in total. The molecule has 0 amide bonds. The molecule has 0 saturated heterocycles. The Bertz CT molecular complexity index is 618. The number of ether oxygens (including phenoxy) is 2. The Kier molecular flexibility index (Phi) is 5.39. The average molecular weight is 355 g/mol. The minimum Gasteiger partial charge on any atom is -0.475 e. The Morgan fingerprint density at radius 1 is 0.913 bits per heavy atom. The Labute approximate surface area is 144 Å². The van der Waals surface area contributed by atoms with Gasteiger partial charge in [0.15, 0.2) is 0 Å². The van der Waals surface area contributed by atoms with Crippen molar-refractivity contribution in [2.75, 3.05) is 0 Å². The second-order valence-corrected chi connectivity index (χ2v) is 6.11. The van der Waals surface area contributed by atoms with E-state index >= 15 is 0 Å². The Morgan fingerprint density at radius 3 is 1.52 bits per heavy atom. The number of carboxylic acids is 1. The first-order chi connectivity index (χ1) is 10.8. The summed E-state index contributed by atoms with van der Waals surface area (Å²) >= 11 is 11.7. The van der Waals surface area contributed by atoms with Crippen LogP contribution in [0.4, 0.5) is 0 Å². The van der Waals surface area contributed by atoms with Crippen LogP contribution in [0.3, 0.4) is 0 Å². The van der Waals surface area contributed by atoms with E-state index in [2.05, 4.69) is 0 Å². The van der Waals surface area contributed by atoms with Gasteiger partial charge in [0.05, 0.1) is 0 Å². The van der Waals surface area contributed by atoms with Crippen LogP contribution in [0, 0.1) is 5.92 Å². The Hall–Kier alpha value is -1.91. The Morgan fingerprint density at radius 2 is 1.26 bits per heavy atom. The first-order valence-electron chi connectivity index (χ1n) is 6.96. The molecule has 0 saturated carbocycles. The SMILES string of the molecule is CC(C)C(Oc1ccc(Cl)cc1)(Oc1ccc(Cl)cc1)C(=O)O. The highest BCUT2D eigenvalue weighted by Crippen LogP contribution is 2.30. The summed E-state index contributed by atoms with van der Waals surface area (Å²) in [6.45, 7) is 3.42. The molecule has 2 aromatic carbocycles. The molecule has 0 aliphatic heterocycles. The molecule has 0 fully saturated rings. The molecule has 0 heterocycles. The third kappa shape index (κ3) is 4.09. The average Bonchev–Trinajstić information content (AvgIpc) is 2.50. The normalized spacial score (nSPS) is 11.3. The molecular formula is C17H16Cl2O4. The maximum Gasteiger partial charge on any atom is 0.390 e. The largest absolute Gasteiger partial charge is 0.475 e. The molecule has 6 heteroatoms. The summed E-state index contributed by atoms with van der Waals surface area (Å²) in [5.41, 5.74) is 0. The lowest BCUT2D eigenvalue weighted by Gasteiger charge is -2.33. The molecule has 0 aliphatic rings. The number of rotatable bonds is 6. The number of carbonyl (C=O) groups is 1. The number of aliphatic carboxylic acids is 1. The van der Waals surface area contributed by atoms with Gasteiger partial charge in [-0.15, -0.1) is 0 Å². The summed E-state index contributed by atoms with van der Waals surface area (Å²) in [6, 6.07) is 12.8. The highest BCUT2D eigenvalue weighted by atomic mass is 35.5. The van der Waals surface area contributed by atoms with Crippen LogP contribution in [0.15, 0.2) is 48.5 Å². The number of benzene rings is 2. The van der Waals surface area contributed by atoms with Gasteiger partial charge in [-0.25, -0.2) is 4.79 Å². The van der Waals surface area contributed by atoms with Gasteiger partial charge in [-0.2, -0.15) is 0 Å². The van der Waals surface area contributed by atoms with Crippen molar-refractivity contribution < 1.29 is 19.4 Å². The van der Waals surface area contributed by atoms with Gasteiger partial charge in [0.1, 0.15) is 11.5 Å². The summed E-state index contributed by atoms with van der Waals surface area (Å²) in [4.78, 5) is 11.9. The molecule has 0 unspecified atom stereocenters. The van der Waals surface area contributed by atoms with Gasteiger partial charge in [0.25, 0.3) is 0 Å². The van der Waals surface area contributed by atoms with Crippen LogP contribution < -0.4 is 9.47 Å². The van der Waals surface area contributed by atoms with Gasteiger partial charge in [0, 0.05) is 16.0 Å². The van der Waals surface area contributed by atoms with E-state index in [4.69, 9.17) is 32.7 Å². The van der Waals surface area contributed by atoms with E-state index in [1.54, 1.807) is 62.4 Å². The molecule has 122 valence electrons. The quantitative estimate of drug-likeness (QED) is 0.750. The van der Waals surface area contributed by atoms with E-state index < -0.39 is 17.7 Å². The van der Waals surface area contributed by atoms with Crippen LogP contribution in [-0.2, 0) is 4.79 Å². The number of carboxylic acid groups (broad SMARTS) is 1. The monoisotopic (exact) mass is 354 g/mol. The lowest BCUT2D eigenvalue weighted by molar-refractivity contribution is -0.197. The fourth-order valence-electron chi connectivity index (χ4n) is 1.95. The van der Waals surface area contributed by atoms with Crippen molar-refractivity contribution in [3.8, 4) is 11.5 Å². The number of hydrogen-bond donors (Lipinski definition) is 1. The first-order valence-corrected chi connectivity index (χ1v) is 7.71. The summed E-state index contributed by atoms with van der Waals surface area (Å²) < 4.78 is 11.4. The van der Waals surface area contributed by atoms with Gasteiger partial charge >= 0.3 is 11.8 Å². The highest BCUT2D eigenvalue weighted by Gasteiger charge is 2.48. The summed E-state index contributed by atoms with van der Waals surface area (Å²) in [6.07, 6.45) is 0. The molecule has 4 nitrogen and oxygen atoms in total. The zero-order valence-electron chi connectivity index (χ0n) is 12.6. The van der Waals surface area contributed by atoms with E-state index in [0.29, 0.717) is 21.5 Å². The predicted molar refractivity (Wildman–Crippen MR) is 89.4 cm³/mol. The third-order valence-corrected chi connectivity index (χ3v) is 3.73. The standard InChI is InChI=1S/C17H16Cl2O4/c1-11(2)17(16(20)21,22-14-7-3-12(18)4-8-14)23-15-9-5-13(19)6-10-15/h3-11H,1-2H3,(H,20,21). The second-order valence-electron chi connectivity index (χ2n) is 5.24. The van der Waals surface area contributed by atoms with Crippen molar-refractivity contribution in [2.24, 2.45) is 5.92 Å². The molecular weight excluding hydrogens is 339 g/mol. The number of halogens is 2. The van der Waals surface area contributed by atoms with E-state index in [0.717, 1.165) is 0 Å². The van der Waals surface area contributed by atoms with Gasteiger partial charge in [0.2, 0.25) is 0 Å². The molecule has 0 atom stereocenters. The van der Waals surface area contributed by atoms with E-state index in [1.807, 2.05) is 0 Å². The second kappa shape index (κ2) is 7.11. The predicted octanol–water partition coefficient (Wildman–Crippen LogP) is 4.89. The van der Waals surface area contributed by atoms with Crippen molar-refractivity contribution in [3.05, 3.63) is 58.6 Å². The highest BCUT2D eigenvalue weighted by molar-refractivity contribution is 6.30. The van der Waals surface area contributed by atoms with E-state index in [-0.39, 0.29) is 0 Å². The van der Waals surface area contributed by atoms with Crippen LogP contribution in [0.1, 0.15) is 13.8 Å². The zero-order chi connectivity index (χ0) is 17.0. The van der Waals surface area contributed by atoms with Crippen LogP contribution >= 0.6 is 23.2 Å². The fourth-order valence-corrected chi connectivity index (χ4v) is 2.20. The van der Waals surface area contributed by atoms with Crippen molar-refractivity contribution in [2.45, 2.75) is 19.6 Å². The molecule has 2 rings (SSSR count). The molecule has 2 aromatic rings. The molecule has 23 heavy (non-hydrogen) atoms. The zero-order valence-corrected chi connectivity index (χ0v) is 14.1. The van der Waals surface area contributed by atoms with Crippen molar-refractivity contribution in [1.82, 2.24) is 0 Å². The lowest BCUT2D eigenvalue weighted by atomic mass is 10.0. The first kappa shape index (κ1) is 17.4. The van der Waals surface area contributed by atoms with Gasteiger partial charge in [-0.1, -0.05) is 37.0 Å². The van der Waals surface area contributed by atoms with Crippen molar-refractivity contribution in [3.63, 3.8) is 0 Å². The van der Waals surface area contributed by atoms with Crippen molar-refractivity contribution in [1.29, 1.82) is 0 Å². The van der Waals surface area contributed by atoms with Crippen LogP contribution in [0.5, 0.6) is 11.5 Å². The van der Waals surface area contributed by atoms with Gasteiger partial charge in [-0.3, -0.25) is 0 Å². The van der Waals surface area contributed by atoms with Crippen molar-refractivity contribution >= 4 is 29.2 Å². The van der Waals surface area contributed by atoms with Crippen LogP contribution in [-0.4, -0.2) is 16.9 Å². The van der Waals surface area contributed by atoms with Gasteiger partial charge < -0.3 is 14.6 Å². The minimum atomic E-state index is -1.87. The number of hydrogen-bond acceptors (Lipinski definition) is 3. The lowest BCUT2D eigenvalue weighted by Crippen LogP contribution is -2.54. The van der Waals surface area contributed by atoms with Crippen LogP contribution in [0.2, 0.25) is 10.0 Å². The van der Waals surface area contributed by atoms with E-state index in [1.165, 1.54) is 0 Å². The summed E-state index contributed by atoms with van der Waals surface area (Å²) in [5, 5.41) is 10.8. The Balaban J connectivity index is 2.36. The molecule has 0 aliphatic carbocycles. The molecule has 0 radical (unpaired) electrons. The maximum atomic E-state index is 11.9. The van der Waals surface area contributed by atoms with Gasteiger partial charge in [-0.05, 0) is 48.5 Å². The minimum absolute atomic E-state index is 0.347. The molecule has 0 spiro atoms.